The minimum absolute atomic E-state index is 0.220. The predicted molar refractivity (Wildman–Crippen MR) is 83.9 cm³/mol. The van der Waals surface area contributed by atoms with E-state index in [0.29, 0.717) is 6.04 Å². The van der Waals surface area contributed by atoms with Gasteiger partial charge in [0.1, 0.15) is 5.75 Å². The molecule has 20 heavy (non-hydrogen) atoms. The van der Waals surface area contributed by atoms with Crippen molar-refractivity contribution >= 4 is 0 Å². The van der Waals surface area contributed by atoms with Crippen LogP contribution in [0.25, 0.3) is 0 Å². The molecule has 2 aromatic carbocycles. The summed E-state index contributed by atoms with van der Waals surface area (Å²) in [6.07, 6.45) is 0.220. The van der Waals surface area contributed by atoms with Gasteiger partial charge in [-0.2, -0.15) is 0 Å². The second kappa shape index (κ2) is 7.11. The first-order valence-electron chi connectivity index (χ1n) is 7.19. The van der Waals surface area contributed by atoms with Crippen LogP contribution >= 0.6 is 0 Å². The Labute approximate surface area is 121 Å². The highest BCUT2D eigenvalue weighted by molar-refractivity contribution is 5.27. The fourth-order valence-electron chi connectivity index (χ4n) is 2.09. The summed E-state index contributed by atoms with van der Waals surface area (Å²) in [6, 6.07) is 19.1. The summed E-state index contributed by atoms with van der Waals surface area (Å²) in [5.74, 6) is 0.930. The van der Waals surface area contributed by atoms with Gasteiger partial charge < -0.3 is 10.1 Å². The van der Waals surface area contributed by atoms with Crippen LogP contribution in [-0.4, -0.2) is 6.10 Å². The van der Waals surface area contributed by atoms with E-state index in [1.807, 2.05) is 32.0 Å². The molecule has 0 bridgehead atoms. The van der Waals surface area contributed by atoms with Crippen LogP contribution in [0.3, 0.4) is 0 Å². The van der Waals surface area contributed by atoms with E-state index in [4.69, 9.17) is 4.74 Å². The van der Waals surface area contributed by atoms with Crippen LogP contribution in [0.2, 0.25) is 0 Å². The molecule has 0 fully saturated rings. The van der Waals surface area contributed by atoms with E-state index in [9.17, 15) is 0 Å². The normalized spacial score (nSPS) is 12.4. The molecule has 0 amide bonds. The van der Waals surface area contributed by atoms with Gasteiger partial charge in [-0.25, -0.2) is 0 Å². The van der Waals surface area contributed by atoms with Crippen LogP contribution < -0.4 is 10.1 Å². The Hall–Kier alpha value is -1.80. The van der Waals surface area contributed by atoms with Gasteiger partial charge in [0.25, 0.3) is 0 Å². The predicted octanol–water partition coefficient (Wildman–Crippen LogP) is 4.32. The van der Waals surface area contributed by atoms with Gasteiger partial charge in [-0.1, -0.05) is 42.5 Å². The average Bonchev–Trinajstić information content (AvgIpc) is 2.46. The van der Waals surface area contributed by atoms with Crippen LogP contribution in [0.4, 0.5) is 0 Å². The maximum atomic E-state index is 5.64. The van der Waals surface area contributed by atoms with Crippen LogP contribution in [0, 0.1) is 0 Å². The molecular weight excluding hydrogens is 246 g/mol. The van der Waals surface area contributed by atoms with E-state index < -0.39 is 0 Å². The molecule has 2 rings (SSSR count). The Kier molecular flexibility index (Phi) is 5.19. The topological polar surface area (TPSA) is 21.3 Å². The molecule has 0 aromatic heterocycles. The second-order valence-electron chi connectivity index (χ2n) is 5.32. The molecule has 1 atom stereocenters. The van der Waals surface area contributed by atoms with Crippen molar-refractivity contribution in [3.63, 3.8) is 0 Å². The number of nitrogens with one attached hydrogen (secondary N) is 1. The molecule has 0 aliphatic heterocycles. The Morgan fingerprint density at radius 2 is 1.55 bits per heavy atom. The van der Waals surface area contributed by atoms with Crippen LogP contribution in [0.1, 0.15) is 37.9 Å². The molecule has 2 aromatic rings. The third-order valence-corrected chi connectivity index (χ3v) is 3.21. The SMILES string of the molecule is CC(C)Oc1ccc(CNC(C)c2ccccc2)cc1. The third-order valence-electron chi connectivity index (χ3n) is 3.21. The van der Waals surface area contributed by atoms with E-state index in [1.54, 1.807) is 0 Å². The van der Waals surface area contributed by atoms with Crippen molar-refractivity contribution in [3.05, 3.63) is 65.7 Å². The van der Waals surface area contributed by atoms with Crippen LogP contribution in [-0.2, 0) is 6.54 Å². The fourth-order valence-corrected chi connectivity index (χ4v) is 2.09. The molecule has 106 valence electrons. The highest BCUT2D eigenvalue weighted by Gasteiger charge is 2.04. The van der Waals surface area contributed by atoms with E-state index in [1.165, 1.54) is 11.1 Å². The Balaban J connectivity index is 1.88. The first-order valence-corrected chi connectivity index (χ1v) is 7.19. The third kappa shape index (κ3) is 4.39. The number of hydrogen-bond acceptors (Lipinski definition) is 2. The highest BCUT2D eigenvalue weighted by atomic mass is 16.5. The maximum Gasteiger partial charge on any atom is 0.119 e. The van der Waals surface area contributed by atoms with Crippen molar-refractivity contribution in [2.45, 2.75) is 39.5 Å². The van der Waals surface area contributed by atoms with Crippen LogP contribution in [0.15, 0.2) is 54.6 Å². The number of hydrogen-bond donors (Lipinski definition) is 1. The van der Waals surface area contributed by atoms with Gasteiger partial charge >= 0.3 is 0 Å². The van der Waals surface area contributed by atoms with Gasteiger partial charge in [0, 0.05) is 12.6 Å². The first-order chi connectivity index (χ1) is 9.65. The van der Waals surface area contributed by atoms with E-state index >= 15 is 0 Å². The van der Waals surface area contributed by atoms with E-state index in [-0.39, 0.29) is 6.10 Å². The molecule has 1 unspecified atom stereocenters. The molecule has 0 saturated heterocycles. The lowest BCUT2D eigenvalue weighted by Gasteiger charge is -2.15. The zero-order chi connectivity index (χ0) is 14.4. The Morgan fingerprint density at radius 3 is 2.15 bits per heavy atom. The zero-order valence-electron chi connectivity index (χ0n) is 12.5. The zero-order valence-corrected chi connectivity index (χ0v) is 12.5. The van der Waals surface area contributed by atoms with Gasteiger partial charge in [0.05, 0.1) is 6.10 Å². The van der Waals surface area contributed by atoms with Crippen molar-refractivity contribution in [1.82, 2.24) is 5.32 Å². The van der Waals surface area contributed by atoms with Gasteiger partial charge in [0.2, 0.25) is 0 Å². The summed E-state index contributed by atoms with van der Waals surface area (Å²) in [5.41, 5.74) is 2.58. The quantitative estimate of drug-likeness (QED) is 0.843. The summed E-state index contributed by atoms with van der Waals surface area (Å²) in [7, 11) is 0. The summed E-state index contributed by atoms with van der Waals surface area (Å²) in [4.78, 5) is 0. The number of ether oxygens (including phenoxy) is 1. The molecule has 2 nitrogen and oxygen atoms in total. The molecule has 0 spiro atoms. The summed E-state index contributed by atoms with van der Waals surface area (Å²) in [6.45, 7) is 7.12. The second-order valence-corrected chi connectivity index (χ2v) is 5.32. The molecule has 0 heterocycles. The van der Waals surface area contributed by atoms with Gasteiger partial charge in [-0.15, -0.1) is 0 Å². The van der Waals surface area contributed by atoms with Gasteiger partial charge in [0.15, 0.2) is 0 Å². The lowest BCUT2D eigenvalue weighted by Crippen LogP contribution is -2.17. The fraction of sp³-hybridized carbons (Fsp3) is 0.333. The van der Waals surface area contributed by atoms with Crippen molar-refractivity contribution in [3.8, 4) is 5.75 Å². The van der Waals surface area contributed by atoms with Crippen molar-refractivity contribution in [1.29, 1.82) is 0 Å². The molecule has 2 heteroatoms. The molecular formula is C18H23NO. The standard InChI is InChI=1S/C18H23NO/c1-14(2)20-18-11-9-16(10-12-18)13-19-15(3)17-7-5-4-6-8-17/h4-12,14-15,19H,13H2,1-3H3. The van der Waals surface area contributed by atoms with Crippen molar-refractivity contribution < 1.29 is 4.74 Å². The Bertz CT molecular complexity index is 505. The highest BCUT2D eigenvalue weighted by Crippen LogP contribution is 2.15. The monoisotopic (exact) mass is 269 g/mol. The van der Waals surface area contributed by atoms with Crippen molar-refractivity contribution in [2.24, 2.45) is 0 Å². The van der Waals surface area contributed by atoms with Crippen LogP contribution in [0.5, 0.6) is 5.75 Å². The number of rotatable bonds is 6. The molecule has 1 N–H and O–H groups in total. The summed E-state index contributed by atoms with van der Waals surface area (Å²) in [5, 5.41) is 3.53. The first kappa shape index (κ1) is 14.6. The number of benzene rings is 2. The minimum atomic E-state index is 0.220. The molecule has 0 saturated carbocycles. The lowest BCUT2D eigenvalue weighted by atomic mass is 10.1. The smallest absolute Gasteiger partial charge is 0.119 e. The van der Waals surface area contributed by atoms with Crippen molar-refractivity contribution in [2.75, 3.05) is 0 Å². The molecule has 0 aliphatic rings. The Morgan fingerprint density at radius 1 is 0.900 bits per heavy atom. The summed E-state index contributed by atoms with van der Waals surface area (Å²) < 4.78 is 5.64. The average molecular weight is 269 g/mol. The minimum Gasteiger partial charge on any atom is -0.491 e. The molecule has 0 radical (unpaired) electrons. The maximum absolute atomic E-state index is 5.64. The largest absolute Gasteiger partial charge is 0.491 e. The van der Waals surface area contributed by atoms with Gasteiger partial charge in [-0.05, 0) is 44.0 Å². The van der Waals surface area contributed by atoms with E-state index in [2.05, 4.69) is 48.6 Å². The molecule has 0 aliphatic carbocycles. The van der Waals surface area contributed by atoms with E-state index in [0.717, 1.165) is 12.3 Å². The van der Waals surface area contributed by atoms with Gasteiger partial charge in [-0.3, -0.25) is 0 Å². The lowest BCUT2D eigenvalue weighted by molar-refractivity contribution is 0.242. The summed E-state index contributed by atoms with van der Waals surface area (Å²) >= 11 is 0.